The standard InChI is InChI=1S/C17H12O4/c1-10-7-8-12(17(19)20)16-15(10)13(18)9-14(21-16)11-5-3-2-4-6-11/h2-9H,1H3,(H,19,20). The van der Waals surface area contributed by atoms with Gasteiger partial charge in [-0.25, -0.2) is 4.79 Å². The maximum absolute atomic E-state index is 12.3. The van der Waals surface area contributed by atoms with E-state index in [0.717, 1.165) is 5.56 Å². The number of fused-ring (bicyclic) bond motifs is 1. The summed E-state index contributed by atoms with van der Waals surface area (Å²) in [7, 11) is 0. The van der Waals surface area contributed by atoms with Gasteiger partial charge in [0.15, 0.2) is 11.0 Å². The number of carbonyl (C=O) groups is 1. The van der Waals surface area contributed by atoms with Gasteiger partial charge >= 0.3 is 5.97 Å². The molecule has 0 saturated heterocycles. The van der Waals surface area contributed by atoms with Gasteiger partial charge in [-0.05, 0) is 18.6 Å². The Hall–Kier alpha value is -2.88. The van der Waals surface area contributed by atoms with Crippen LogP contribution in [-0.4, -0.2) is 11.1 Å². The van der Waals surface area contributed by atoms with Crippen molar-refractivity contribution in [1.82, 2.24) is 0 Å². The van der Waals surface area contributed by atoms with Crippen LogP contribution in [0.3, 0.4) is 0 Å². The Kier molecular flexibility index (Phi) is 3.06. The number of hydrogen-bond acceptors (Lipinski definition) is 3. The van der Waals surface area contributed by atoms with E-state index in [1.54, 1.807) is 25.1 Å². The summed E-state index contributed by atoms with van der Waals surface area (Å²) in [5.41, 5.74) is 1.30. The monoisotopic (exact) mass is 280 g/mol. The minimum absolute atomic E-state index is 0.00881. The molecular formula is C17H12O4. The van der Waals surface area contributed by atoms with Crippen molar-refractivity contribution in [2.75, 3.05) is 0 Å². The number of aryl methyl sites for hydroxylation is 1. The average molecular weight is 280 g/mol. The average Bonchev–Trinajstić information content (AvgIpc) is 2.47. The van der Waals surface area contributed by atoms with Crippen LogP contribution in [-0.2, 0) is 0 Å². The normalized spacial score (nSPS) is 10.7. The number of carboxylic acids is 1. The van der Waals surface area contributed by atoms with Gasteiger partial charge in [0, 0.05) is 11.6 Å². The molecule has 3 aromatic rings. The lowest BCUT2D eigenvalue weighted by molar-refractivity contribution is 0.0698. The molecule has 1 heterocycles. The van der Waals surface area contributed by atoms with E-state index >= 15 is 0 Å². The Bertz CT molecular complexity index is 892. The third-order valence-corrected chi connectivity index (χ3v) is 3.38. The van der Waals surface area contributed by atoms with E-state index in [9.17, 15) is 14.7 Å². The van der Waals surface area contributed by atoms with E-state index in [4.69, 9.17) is 4.42 Å². The first-order valence-corrected chi connectivity index (χ1v) is 6.44. The Morgan fingerprint density at radius 2 is 1.81 bits per heavy atom. The molecule has 0 aliphatic rings. The summed E-state index contributed by atoms with van der Waals surface area (Å²) in [5.74, 6) is -0.755. The van der Waals surface area contributed by atoms with E-state index in [2.05, 4.69) is 0 Å². The largest absolute Gasteiger partial charge is 0.478 e. The molecule has 0 spiro atoms. The van der Waals surface area contributed by atoms with E-state index in [-0.39, 0.29) is 16.6 Å². The first-order chi connectivity index (χ1) is 10.1. The van der Waals surface area contributed by atoms with E-state index in [1.807, 2.05) is 18.2 Å². The maximum atomic E-state index is 12.3. The zero-order chi connectivity index (χ0) is 15.0. The second-order valence-electron chi connectivity index (χ2n) is 4.78. The van der Waals surface area contributed by atoms with Crippen LogP contribution in [0.25, 0.3) is 22.3 Å². The molecule has 21 heavy (non-hydrogen) atoms. The molecule has 0 unspecified atom stereocenters. The highest BCUT2D eigenvalue weighted by Crippen LogP contribution is 2.26. The van der Waals surface area contributed by atoms with Crippen molar-refractivity contribution >= 4 is 16.9 Å². The zero-order valence-electron chi connectivity index (χ0n) is 11.3. The molecule has 0 atom stereocenters. The summed E-state index contributed by atoms with van der Waals surface area (Å²) in [6, 6.07) is 13.6. The van der Waals surface area contributed by atoms with Crippen LogP contribution in [0.4, 0.5) is 0 Å². The minimum atomic E-state index is -1.12. The predicted octanol–water partition coefficient (Wildman–Crippen LogP) is 3.47. The quantitative estimate of drug-likeness (QED) is 0.780. The molecule has 0 aliphatic heterocycles. The third-order valence-electron chi connectivity index (χ3n) is 3.38. The van der Waals surface area contributed by atoms with Crippen molar-refractivity contribution in [3.8, 4) is 11.3 Å². The molecule has 0 radical (unpaired) electrons. The van der Waals surface area contributed by atoms with Crippen molar-refractivity contribution in [3.05, 3.63) is 69.9 Å². The summed E-state index contributed by atoms with van der Waals surface area (Å²) < 4.78 is 5.72. The van der Waals surface area contributed by atoms with Crippen molar-refractivity contribution in [3.63, 3.8) is 0 Å². The zero-order valence-corrected chi connectivity index (χ0v) is 11.3. The fraction of sp³-hybridized carbons (Fsp3) is 0.0588. The molecule has 1 aromatic heterocycles. The first kappa shape index (κ1) is 13.1. The van der Waals surface area contributed by atoms with Crippen LogP contribution in [0, 0.1) is 6.92 Å². The number of carboxylic acid groups (broad SMARTS) is 1. The molecule has 0 amide bonds. The molecule has 0 bridgehead atoms. The van der Waals surface area contributed by atoms with E-state index in [1.165, 1.54) is 12.1 Å². The summed E-state index contributed by atoms with van der Waals surface area (Å²) in [4.78, 5) is 23.6. The Labute approximate surface area is 120 Å². The summed E-state index contributed by atoms with van der Waals surface area (Å²) in [5, 5.41) is 9.58. The number of benzene rings is 2. The smallest absolute Gasteiger partial charge is 0.339 e. The highest BCUT2D eigenvalue weighted by atomic mass is 16.4. The van der Waals surface area contributed by atoms with Gasteiger partial charge in [-0.3, -0.25) is 4.79 Å². The lowest BCUT2D eigenvalue weighted by Gasteiger charge is -2.07. The fourth-order valence-electron chi connectivity index (χ4n) is 2.34. The van der Waals surface area contributed by atoms with Gasteiger partial charge in [-0.15, -0.1) is 0 Å². The van der Waals surface area contributed by atoms with E-state index in [0.29, 0.717) is 16.7 Å². The van der Waals surface area contributed by atoms with Crippen molar-refractivity contribution in [2.45, 2.75) is 6.92 Å². The van der Waals surface area contributed by atoms with Crippen molar-refractivity contribution < 1.29 is 14.3 Å². The van der Waals surface area contributed by atoms with Gasteiger partial charge in [0.1, 0.15) is 11.3 Å². The van der Waals surface area contributed by atoms with E-state index < -0.39 is 5.97 Å². The molecule has 0 fully saturated rings. The van der Waals surface area contributed by atoms with Crippen LogP contribution < -0.4 is 5.43 Å². The lowest BCUT2D eigenvalue weighted by atomic mass is 10.0. The van der Waals surface area contributed by atoms with Gasteiger partial charge in [-0.1, -0.05) is 36.4 Å². The van der Waals surface area contributed by atoms with Crippen LogP contribution in [0.1, 0.15) is 15.9 Å². The Balaban J connectivity index is 2.40. The molecule has 104 valence electrons. The van der Waals surface area contributed by atoms with Crippen LogP contribution in [0.5, 0.6) is 0 Å². The minimum Gasteiger partial charge on any atom is -0.478 e. The summed E-state index contributed by atoms with van der Waals surface area (Å²) in [6.07, 6.45) is 0. The van der Waals surface area contributed by atoms with Crippen LogP contribution in [0.2, 0.25) is 0 Å². The van der Waals surface area contributed by atoms with Gasteiger partial charge in [0.25, 0.3) is 0 Å². The van der Waals surface area contributed by atoms with Crippen molar-refractivity contribution in [2.24, 2.45) is 0 Å². The van der Waals surface area contributed by atoms with Gasteiger partial charge in [0.2, 0.25) is 0 Å². The van der Waals surface area contributed by atoms with Crippen LogP contribution in [0.15, 0.2) is 57.7 Å². The van der Waals surface area contributed by atoms with Crippen molar-refractivity contribution in [1.29, 1.82) is 0 Å². The molecule has 2 aromatic carbocycles. The molecular weight excluding hydrogens is 268 g/mol. The Morgan fingerprint density at radius 1 is 1.10 bits per heavy atom. The van der Waals surface area contributed by atoms with Gasteiger partial charge in [-0.2, -0.15) is 0 Å². The first-order valence-electron chi connectivity index (χ1n) is 6.44. The van der Waals surface area contributed by atoms with Gasteiger partial charge in [0.05, 0.1) is 5.39 Å². The molecule has 0 aliphatic carbocycles. The third kappa shape index (κ3) is 2.21. The molecule has 3 rings (SSSR count). The predicted molar refractivity (Wildman–Crippen MR) is 79.6 cm³/mol. The fourth-order valence-corrected chi connectivity index (χ4v) is 2.34. The topological polar surface area (TPSA) is 67.5 Å². The second-order valence-corrected chi connectivity index (χ2v) is 4.78. The number of hydrogen-bond donors (Lipinski definition) is 1. The highest BCUT2D eigenvalue weighted by molar-refractivity contribution is 6.02. The summed E-state index contributed by atoms with van der Waals surface area (Å²) in [6.45, 7) is 1.76. The molecule has 0 saturated carbocycles. The maximum Gasteiger partial charge on any atom is 0.339 e. The Morgan fingerprint density at radius 3 is 2.48 bits per heavy atom. The number of rotatable bonds is 2. The number of aromatic carboxylic acids is 1. The molecule has 1 N–H and O–H groups in total. The summed E-state index contributed by atoms with van der Waals surface area (Å²) >= 11 is 0. The molecule has 4 nitrogen and oxygen atoms in total. The second kappa shape index (κ2) is 4.90. The highest BCUT2D eigenvalue weighted by Gasteiger charge is 2.16. The molecule has 4 heteroatoms. The van der Waals surface area contributed by atoms with Gasteiger partial charge < -0.3 is 9.52 Å². The van der Waals surface area contributed by atoms with Crippen LogP contribution >= 0.6 is 0 Å². The SMILES string of the molecule is Cc1ccc(C(=O)O)c2oc(-c3ccccc3)cc(=O)c12. The lowest BCUT2D eigenvalue weighted by Crippen LogP contribution is -2.06.